The summed E-state index contributed by atoms with van der Waals surface area (Å²) in [4.78, 5) is 11.4. The molecule has 0 atom stereocenters. The van der Waals surface area contributed by atoms with E-state index >= 15 is 0 Å². The molecule has 0 aliphatic carbocycles. The van der Waals surface area contributed by atoms with Crippen molar-refractivity contribution < 1.29 is 0 Å². The van der Waals surface area contributed by atoms with Crippen LogP contribution in [0.2, 0.25) is 0 Å². The van der Waals surface area contributed by atoms with Crippen LogP contribution in [0.4, 0.5) is 0 Å². The van der Waals surface area contributed by atoms with Crippen molar-refractivity contribution in [1.82, 2.24) is 14.9 Å². The zero-order chi connectivity index (χ0) is 13.1. The Labute approximate surface area is 118 Å². The topological polar surface area (TPSA) is 29.0 Å². The third kappa shape index (κ3) is 3.19. The summed E-state index contributed by atoms with van der Waals surface area (Å²) in [5.74, 6) is 0.589. The largest absolute Gasteiger partial charge is 0.299 e. The number of aryl methyl sites for hydroxylation is 1. The summed E-state index contributed by atoms with van der Waals surface area (Å²) < 4.78 is 0. The fraction of sp³-hybridized carbons (Fsp3) is 0.467. The van der Waals surface area contributed by atoms with E-state index in [4.69, 9.17) is 0 Å². The Bertz CT molecular complexity index is 516. The number of rotatable bonds is 3. The van der Waals surface area contributed by atoms with Crippen LogP contribution in [0.1, 0.15) is 35.7 Å². The fourth-order valence-electron chi connectivity index (χ4n) is 2.71. The minimum atomic E-state index is 0.589. The maximum atomic E-state index is 4.62. The van der Waals surface area contributed by atoms with Gasteiger partial charge in [-0.25, -0.2) is 0 Å². The van der Waals surface area contributed by atoms with Gasteiger partial charge in [0.05, 0.1) is 11.4 Å². The summed E-state index contributed by atoms with van der Waals surface area (Å²) in [7, 11) is 0. The first-order valence-corrected chi connectivity index (χ1v) is 7.77. The van der Waals surface area contributed by atoms with Gasteiger partial charge in [0.15, 0.2) is 0 Å². The summed E-state index contributed by atoms with van der Waals surface area (Å²) in [6.45, 7) is 5.43. The highest BCUT2D eigenvalue weighted by atomic mass is 32.1. The van der Waals surface area contributed by atoms with E-state index in [0.717, 1.165) is 25.3 Å². The summed E-state index contributed by atoms with van der Waals surface area (Å²) in [6.07, 6.45) is 6.16. The maximum absolute atomic E-state index is 4.62. The molecule has 1 saturated heterocycles. The van der Waals surface area contributed by atoms with Crippen LogP contribution in [-0.4, -0.2) is 28.0 Å². The van der Waals surface area contributed by atoms with Crippen molar-refractivity contribution in [1.29, 1.82) is 0 Å². The normalized spacial score (nSPS) is 17.7. The van der Waals surface area contributed by atoms with Crippen molar-refractivity contribution in [3.05, 3.63) is 46.2 Å². The lowest BCUT2D eigenvalue weighted by Gasteiger charge is -2.31. The van der Waals surface area contributed by atoms with Gasteiger partial charge in [-0.1, -0.05) is 0 Å². The average Bonchev–Trinajstić information content (AvgIpc) is 2.92. The Balaban J connectivity index is 1.57. The van der Waals surface area contributed by atoms with Crippen molar-refractivity contribution in [2.75, 3.05) is 13.1 Å². The number of aromatic nitrogens is 2. The third-order valence-electron chi connectivity index (χ3n) is 3.77. The first-order valence-electron chi connectivity index (χ1n) is 6.83. The molecule has 2 aromatic rings. The van der Waals surface area contributed by atoms with E-state index in [0.29, 0.717) is 5.92 Å². The predicted octanol–water partition coefficient (Wildman–Crippen LogP) is 3.23. The fourth-order valence-corrected chi connectivity index (χ4v) is 3.37. The molecule has 0 bridgehead atoms. The quantitative estimate of drug-likeness (QED) is 0.859. The molecule has 0 radical (unpaired) electrons. The molecule has 0 aromatic carbocycles. The molecule has 0 unspecified atom stereocenters. The SMILES string of the molecule is Cc1cncc(C2CCN(Cc3ccsc3)CC2)n1. The molecule has 2 aromatic heterocycles. The summed E-state index contributed by atoms with van der Waals surface area (Å²) >= 11 is 1.78. The van der Waals surface area contributed by atoms with Gasteiger partial charge >= 0.3 is 0 Å². The van der Waals surface area contributed by atoms with Gasteiger partial charge in [0, 0.05) is 24.9 Å². The predicted molar refractivity (Wildman–Crippen MR) is 78.3 cm³/mol. The Morgan fingerprint density at radius 1 is 1.32 bits per heavy atom. The molecule has 0 saturated carbocycles. The number of piperidine rings is 1. The summed E-state index contributed by atoms with van der Waals surface area (Å²) in [5.41, 5.74) is 3.65. The Morgan fingerprint density at radius 3 is 2.84 bits per heavy atom. The highest BCUT2D eigenvalue weighted by Gasteiger charge is 2.21. The van der Waals surface area contributed by atoms with E-state index < -0.39 is 0 Å². The van der Waals surface area contributed by atoms with Crippen LogP contribution in [0, 0.1) is 6.92 Å². The van der Waals surface area contributed by atoms with E-state index in [1.54, 1.807) is 11.3 Å². The van der Waals surface area contributed by atoms with Crippen LogP contribution < -0.4 is 0 Å². The van der Waals surface area contributed by atoms with E-state index in [1.807, 2.05) is 19.3 Å². The molecule has 0 spiro atoms. The number of nitrogens with zero attached hydrogens (tertiary/aromatic N) is 3. The molecule has 3 nitrogen and oxygen atoms in total. The molecule has 1 aliphatic heterocycles. The van der Waals surface area contributed by atoms with E-state index in [-0.39, 0.29) is 0 Å². The van der Waals surface area contributed by atoms with Gasteiger partial charge in [-0.15, -0.1) is 0 Å². The van der Waals surface area contributed by atoms with Crippen molar-refractivity contribution >= 4 is 11.3 Å². The lowest BCUT2D eigenvalue weighted by Crippen LogP contribution is -2.32. The van der Waals surface area contributed by atoms with E-state index in [1.165, 1.54) is 24.1 Å². The number of thiophene rings is 1. The van der Waals surface area contributed by atoms with Crippen LogP contribution >= 0.6 is 11.3 Å². The van der Waals surface area contributed by atoms with Crippen LogP contribution in [0.15, 0.2) is 29.2 Å². The van der Waals surface area contributed by atoms with Gasteiger partial charge < -0.3 is 0 Å². The molecule has 3 rings (SSSR count). The highest BCUT2D eigenvalue weighted by molar-refractivity contribution is 7.07. The molecule has 1 aliphatic rings. The van der Waals surface area contributed by atoms with Crippen LogP contribution in [-0.2, 0) is 6.54 Å². The maximum Gasteiger partial charge on any atom is 0.0621 e. The number of likely N-dealkylation sites (tertiary alicyclic amines) is 1. The van der Waals surface area contributed by atoms with E-state index in [2.05, 4.69) is 31.7 Å². The van der Waals surface area contributed by atoms with Gasteiger partial charge in [0.2, 0.25) is 0 Å². The van der Waals surface area contributed by atoms with Crippen LogP contribution in [0.5, 0.6) is 0 Å². The highest BCUT2D eigenvalue weighted by Crippen LogP contribution is 2.27. The van der Waals surface area contributed by atoms with Gasteiger partial charge in [-0.3, -0.25) is 14.9 Å². The number of hydrogen-bond donors (Lipinski definition) is 0. The van der Waals surface area contributed by atoms with Crippen molar-refractivity contribution in [3.8, 4) is 0 Å². The van der Waals surface area contributed by atoms with Gasteiger partial charge in [0.1, 0.15) is 0 Å². The second-order valence-corrected chi connectivity index (χ2v) is 6.05. The summed E-state index contributed by atoms with van der Waals surface area (Å²) in [5, 5.41) is 4.41. The average molecular weight is 273 g/mol. The van der Waals surface area contributed by atoms with Gasteiger partial charge in [0.25, 0.3) is 0 Å². The van der Waals surface area contributed by atoms with Gasteiger partial charge in [-0.05, 0) is 55.2 Å². The molecule has 19 heavy (non-hydrogen) atoms. The van der Waals surface area contributed by atoms with Gasteiger partial charge in [-0.2, -0.15) is 11.3 Å². The molecule has 3 heterocycles. The lowest BCUT2D eigenvalue weighted by molar-refractivity contribution is 0.203. The monoisotopic (exact) mass is 273 g/mol. The zero-order valence-electron chi connectivity index (χ0n) is 11.2. The first kappa shape index (κ1) is 12.8. The van der Waals surface area contributed by atoms with Crippen molar-refractivity contribution in [3.63, 3.8) is 0 Å². The molecule has 100 valence electrons. The molecule has 0 N–H and O–H groups in total. The smallest absolute Gasteiger partial charge is 0.0621 e. The molecular weight excluding hydrogens is 254 g/mol. The number of hydrogen-bond acceptors (Lipinski definition) is 4. The Hall–Kier alpha value is -1.26. The second-order valence-electron chi connectivity index (χ2n) is 5.27. The molecule has 4 heteroatoms. The first-order chi connectivity index (χ1) is 9.31. The molecule has 1 fully saturated rings. The van der Waals surface area contributed by atoms with E-state index in [9.17, 15) is 0 Å². The third-order valence-corrected chi connectivity index (χ3v) is 4.50. The van der Waals surface area contributed by atoms with Crippen molar-refractivity contribution in [2.45, 2.75) is 32.2 Å². The lowest BCUT2D eigenvalue weighted by atomic mass is 9.93. The minimum absolute atomic E-state index is 0.589. The molecule has 0 amide bonds. The van der Waals surface area contributed by atoms with Crippen LogP contribution in [0.3, 0.4) is 0 Å². The second kappa shape index (κ2) is 5.80. The molecular formula is C15H19N3S. The Morgan fingerprint density at radius 2 is 2.16 bits per heavy atom. The Kier molecular flexibility index (Phi) is 3.89. The standard InChI is InChI=1S/C15H19N3S/c1-12-8-16-9-15(17-12)14-2-5-18(6-3-14)10-13-4-7-19-11-13/h4,7-9,11,14H,2-3,5-6,10H2,1H3. The summed E-state index contributed by atoms with van der Waals surface area (Å²) in [6, 6.07) is 2.22. The zero-order valence-corrected chi connectivity index (χ0v) is 12.1. The van der Waals surface area contributed by atoms with Crippen LogP contribution in [0.25, 0.3) is 0 Å². The minimum Gasteiger partial charge on any atom is -0.299 e. The van der Waals surface area contributed by atoms with Crippen molar-refractivity contribution in [2.24, 2.45) is 0 Å².